The molecule has 5 nitrogen and oxygen atoms in total. The van der Waals surface area contributed by atoms with Crippen LogP contribution in [0.15, 0.2) is 48.5 Å². The van der Waals surface area contributed by atoms with Gasteiger partial charge in [-0.25, -0.2) is 4.90 Å². The van der Waals surface area contributed by atoms with E-state index >= 15 is 0 Å². The van der Waals surface area contributed by atoms with Crippen molar-refractivity contribution in [2.45, 2.75) is 38.3 Å². The number of anilines is 1. The number of hydrogen-bond acceptors (Lipinski definition) is 3. The molecule has 1 unspecified atom stereocenters. The number of carbonyl (C=O) groups excluding carboxylic acids is 3. The quantitative estimate of drug-likeness (QED) is 0.504. The first-order valence-corrected chi connectivity index (χ1v) is 10.1. The van der Waals surface area contributed by atoms with Gasteiger partial charge in [0, 0.05) is 15.2 Å². The highest BCUT2D eigenvalue weighted by molar-refractivity contribution is 14.1. The number of halogens is 1. The van der Waals surface area contributed by atoms with Gasteiger partial charge in [-0.1, -0.05) is 18.2 Å². The first-order valence-electron chi connectivity index (χ1n) is 8.98. The maximum absolute atomic E-state index is 13.2. The SMILES string of the molecule is Cc1ccccc1C(=O)N(C1CC1)C1CC(=O)N(c2ccc(I)cc2)C1=O. The zero-order chi connectivity index (χ0) is 19.1. The highest BCUT2D eigenvalue weighted by atomic mass is 127. The summed E-state index contributed by atoms with van der Waals surface area (Å²) in [5, 5.41) is 0. The lowest BCUT2D eigenvalue weighted by Crippen LogP contribution is -2.47. The van der Waals surface area contributed by atoms with E-state index in [-0.39, 0.29) is 30.2 Å². The Bertz CT molecular complexity index is 921. The largest absolute Gasteiger partial charge is 0.323 e. The van der Waals surface area contributed by atoms with Gasteiger partial charge >= 0.3 is 0 Å². The molecule has 0 N–H and O–H groups in total. The lowest BCUT2D eigenvalue weighted by molar-refractivity contribution is -0.122. The van der Waals surface area contributed by atoms with E-state index in [1.165, 1.54) is 4.90 Å². The molecule has 2 aromatic carbocycles. The predicted octanol–water partition coefficient (Wildman–Crippen LogP) is 3.54. The van der Waals surface area contributed by atoms with Crippen LogP contribution in [0.4, 0.5) is 5.69 Å². The van der Waals surface area contributed by atoms with Crippen molar-refractivity contribution in [2.75, 3.05) is 4.90 Å². The van der Waals surface area contributed by atoms with E-state index < -0.39 is 6.04 Å². The molecule has 1 saturated carbocycles. The summed E-state index contributed by atoms with van der Waals surface area (Å²) in [5.41, 5.74) is 2.03. The van der Waals surface area contributed by atoms with Crippen molar-refractivity contribution in [1.82, 2.24) is 4.90 Å². The summed E-state index contributed by atoms with van der Waals surface area (Å²) in [6.07, 6.45) is 1.79. The Morgan fingerprint density at radius 3 is 2.37 bits per heavy atom. The molecular weight excluding hydrogens is 455 g/mol. The van der Waals surface area contributed by atoms with Gasteiger partial charge in [0.15, 0.2) is 0 Å². The molecule has 0 bridgehead atoms. The topological polar surface area (TPSA) is 57.7 Å². The van der Waals surface area contributed by atoms with E-state index in [4.69, 9.17) is 0 Å². The third-order valence-electron chi connectivity index (χ3n) is 5.09. The minimum absolute atomic E-state index is 0.0375. The molecule has 0 radical (unpaired) electrons. The summed E-state index contributed by atoms with van der Waals surface area (Å²) in [6.45, 7) is 1.89. The van der Waals surface area contributed by atoms with E-state index in [1.54, 1.807) is 23.1 Å². The van der Waals surface area contributed by atoms with Gasteiger partial charge in [0.25, 0.3) is 11.8 Å². The molecule has 6 heteroatoms. The molecule has 3 amide bonds. The number of rotatable bonds is 4. The van der Waals surface area contributed by atoms with Crippen molar-refractivity contribution >= 4 is 46.0 Å². The summed E-state index contributed by atoms with van der Waals surface area (Å²) in [6, 6.07) is 14.0. The Balaban J connectivity index is 1.65. The van der Waals surface area contributed by atoms with Crippen LogP contribution < -0.4 is 4.90 Å². The van der Waals surface area contributed by atoms with Crippen molar-refractivity contribution in [3.05, 3.63) is 63.2 Å². The van der Waals surface area contributed by atoms with E-state index in [9.17, 15) is 14.4 Å². The Morgan fingerprint density at radius 2 is 1.74 bits per heavy atom. The highest BCUT2D eigenvalue weighted by Gasteiger charge is 2.49. The molecule has 1 aliphatic heterocycles. The van der Waals surface area contributed by atoms with Crippen LogP contribution in [0.3, 0.4) is 0 Å². The molecule has 0 aromatic heterocycles. The Kier molecular flexibility index (Phi) is 4.75. The lowest BCUT2D eigenvalue weighted by atomic mass is 10.1. The van der Waals surface area contributed by atoms with Crippen molar-refractivity contribution in [1.29, 1.82) is 0 Å². The average molecular weight is 474 g/mol. The number of amides is 3. The van der Waals surface area contributed by atoms with Crippen molar-refractivity contribution in [2.24, 2.45) is 0 Å². The summed E-state index contributed by atoms with van der Waals surface area (Å²) < 4.78 is 1.03. The lowest BCUT2D eigenvalue weighted by Gasteiger charge is -2.28. The average Bonchev–Trinajstić information content (AvgIpc) is 3.43. The summed E-state index contributed by atoms with van der Waals surface area (Å²) >= 11 is 2.18. The minimum Gasteiger partial charge on any atom is -0.323 e. The number of hydrogen-bond donors (Lipinski definition) is 0. The molecule has 2 aliphatic rings. The van der Waals surface area contributed by atoms with Crippen LogP contribution in [0, 0.1) is 10.5 Å². The summed E-state index contributed by atoms with van der Waals surface area (Å²) in [7, 11) is 0. The molecule has 27 heavy (non-hydrogen) atoms. The second-order valence-corrected chi connectivity index (χ2v) is 8.27. The van der Waals surface area contributed by atoms with E-state index in [1.807, 2.05) is 37.3 Å². The van der Waals surface area contributed by atoms with Crippen LogP contribution in [0.25, 0.3) is 0 Å². The van der Waals surface area contributed by atoms with Gasteiger partial charge < -0.3 is 4.90 Å². The van der Waals surface area contributed by atoms with Crippen LogP contribution in [-0.2, 0) is 9.59 Å². The molecular formula is C21H19IN2O3. The molecule has 1 heterocycles. The molecule has 1 saturated heterocycles. The van der Waals surface area contributed by atoms with Crippen LogP contribution in [-0.4, -0.2) is 34.7 Å². The third-order valence-corrected chi connectivity index (χ3v) is 5.81. The second kappa shape index (κ2) is 7.07. The fourth-order valence-electron chi connectivity index (χ4n) is 3.56. The fourth-order valence-corrected chi connectivity index (χ4v) is 3.92. The maximum atomic E-state index is 13.2. The summed E-state index contributed by atoms with van der Waals surface area (Å²) in [5.74, 6) is -0.726. The molecule has 138 valence electrons. The fraction of sp³-hybridized carbons (Fsp3) is 0.286. The Hall–Kier alpha value is -2.22. The first-order chi connectivity index (χ1) is 13.0. The van der Waals surface area contributed by atoms with E-state index in [0.29, 0.717) is 11.3 Å². The Morgan fingerprint density at radius 1 is 1.07 bits per heavy atom. The number of carbonyl (C=O) groups is 3. The molecule has 4 rings (SSSR count). The normalized spacial score (nSPS) is 19.5. The maximum Gasteiger partial charge on any atom is 0.257 e. The van der Waals surface area contributed by atoms with Gasteiger partial charge in [0.2, 0.25) is 5.91 Å². The number of aryl methyl sites for hydroxylation is 1. The van der Waals surface area contributed by atoms with Gasteiger partial charge in [-0.3, -0.25) is 14.4 Å². The van der Waals surface area contributed by atoms with Gasteiger partial charge in [-0.15, -0.1) is 0 Å². The third kappa shape index (κ3) is 3.38. The molecule has 1 atom stereocenters. The second-order valence-electron chi connectivity index (χ2n) is 7.02. The van der Waals surface area contributed by atoms with E-state index in [0.717, 1.165) is 22.0 Å². The minimum atomic E-state index is -0.726. The van der Waals surface area contributed by atoms with Crippen LogP contribution in [0.5, 0.6) is 0 Å². The van der Waals surface area contributed by atoms with Gasteiger partial charge in [0.05, 0.1) is 12.1 Å². The van der Waals surface area contributed by atoms with Crippen molar-refractivity contribution in [3.8, 4) is 0 Å². The predicted molar refractivity (Wildman–Crippen MR) is 110 cm³/mol. The van der Waals surface area contributed by atoms with Crippen molar-refractivity contribution in [3.63, 3.8) is 0 Å². The monoisotopic (exact) mass is 474 g/mol. The highest BCUT2D eigenvalue weighted by Crippen LogP contribution is 2.35. The van der Waals surface area contributed by atoms with Crippen LogP contribution in [0.1, 0.15) is 35.2 Å². The van der Waals surface area contributed by atoms with Crippen LogP contribution in [0.2, 0.25) is 0 Å². The van der Waals surface area contributed by atoms with E-state index in [2.05, 4.69) is 22.6 Å². The molecule has 1 aliphatic carbocycles. The molecule has 2 aromatic rings. The summed E-state index contributed by atoms with van der Waals surface area (Å²) in [4.78, 5) is 41.8. The standard InChI is InChI=1S/C21H19IN2O3/c1-13-4-2-3-5-17(13)20(26)23(15-10-11-15)18-12-19(25)24(21(18)27)16-8-6-14(22)7-9-16/h2-9,15,18H,10-12H2,1H3. The van der Waals surface area contributed by atoms with Gasteiger partial charge in [-0.2, -0.15) is 0 Å². The van der Waals surface area contributed by atoms with Gasteiger partial charge in [0.1, 0.15) is 6.04 Å². The van der Waals surface area contributed by atoms with Crippen LogP contribution >= 0.6 is 22.6 Å². The Labute approximate surface area is 171 Å². The molecule has 2 fully saturated rings. The number of benzene rings is 2. The van der Waals surface area contributed by atoms with Crippen molar-refractivity contribution < 1.29 is 14.4 Å². The zero-order valence-electron chi connectivity index (χ0n) is 14.9. The van der Waals surface area contributed by atoms with Gasteiger partial charge in [-0.05, 0) is 78.3 Å². The number of nitrogens with zero attached hydrogens (tertiary/aromatic N) is 2. The smallest absolute Gasteiger partial charge is 0.257 e. The molecule has 0 spiro atoms. The zero-order valence-corrected chi connectivity index (χ0v) is 17.0. The first kappa shape index (κ1) is 18.2. The number of imide groups is 1.